The number of carbonyl (C=O) groups excluding carboxylic acids is 3. The van der Waals surface area contributed by atoms with Gasteiger partial charge in [0.05, 0.1) is 18.7 Å². The molecule has 1 unspecified atom stereocenters. The van der Waals surface area contributed by atoms with E-state index >= 15 is 0 Å². The van der Waals surface area contributed by atoms with Gasteiger partial charge in [0.1, 0.15) is 12.6 Å². The highest BCUT2D eigenvalue weighted by Crippen LogP contribution is 2.30. The summed E-state index contributed by atoms with van der Waals surface area (Å²) >= 11 is 0. The molecule has 8 nitrogen and oxygen atoms in total. The summed E-state index contributed by atoms with van der Waals surface area (Å²) in [6.45, 7) is 0.907. The molecule has 0 bridgehead atoms. The topological polar surface area (TPSA) is 131 Å². The molecular formula is C16H20F3N3O5. The van der Waals surface area contributed by atoms with Crippen molar-refractivity contribution in [3.8, 4) is 0 Å². The van der Waals surface area contributed by atoms with Crippen LogP contribution in [0.25, 0.3) is 0 Å². The molecule has 0 heterocycles. The Balaban J connectivity index is 2.66. The first-order valence-corrected chi connectivity index (χ1v) is 7.73. The number of rotatable bonds is 7. The lowest BCUT2D eigenvalue weighted by molar-refractivity contribution is -0.141. The third-order valence-electron chi connectivity index (χ3n) is 3.62. The van der Waals surface area contributed by atoms with E-state index in [-0.39, 0.29) is 5.56 Å². The van der Waals surface area contributed by atoms with Crippen molar-refractivity contribution in [3.63, 3.8) is 0 Å². The fourth-order valence-electron chi connectivity index (χ4n) is 1.99. The zero-order chi connectivity index (χ0) is 20.8. The Bertz CT molecular complexity index is 679. The third kappa shape index (κ3) is 6.53. The molecule has 0 saturated heterocycles. The Hall–Kier alpha value is -2.66. The number of benzene rings is 1. The molecule has 27 heavy (non-hydrogen) atoms. The average Bonchev–Trinajstić information content (AvgIpc) is 2.63. The van der Waals surface area contributed by atoms with Crippen molar-refractivity contribution < 1.29 is 37.4 Å². The van der Waals surface area contributed by atoms with E-state index in [2.05, 4.69) is 15.4 Å². The van der Waals surface area contributed by atoms with Gasteiger partial charge in [0, 0.05) is 0 Å². The molecule has 0 spiro atoms. The predicted octanol–water partition coefficient (Wildman–Crippen LogP) is -0.140. The zero-order valence-electron chi connectivity index (χ0n) is 14.5. The number of nitrogens with two attached hydrogens (primary N) is 1. The second kappa shape index (κ2) is 9.33. The molecule has 0 aliphatic rings. The zero-order valence-corrected chi connectivity index (χ0v) is 14.5. The lowest BCUT2D eigenvalue weighted by atomic mass is 10.00. The largest absolute Gasteiger partial charge is 0.468 e. The van der Waals surface area contributed by atoms with E-state index in [4.69, 9.17) is 5.73 Å². The van der Waals surface area contributed by atoms with Crippen LogP contribution in [0.1, 0.15) is 24.1 Å². The van der Waals surface area contributed by atoms with Gasteiger partial charge in [-0.1, -0.05) is 12.1 Å². The van der Waals surface area contributed by atoms with Crippen molar-refractivity contribution in [2.45, 2.75) is 31.3 Å². The van der Waals surface area contributed by atoms with Crippen LogP contribution in [-0.2, 0) is 25.3 Å². The standard InChI is InChI=1S/C16H20F3N3O5/c1-8(14(25)21-7-11(23)27-2)22-15(26)13(24)12(20)9-3-5-10(6-4-9)16(17,18)19/h3-6,8,12-13,24H,7,20H2,1-2H3,(H,21,25)(H,22,26)/t8?,12-,13+/m1/s1. The quantitative estimate of drug-likeness (QED) is 0.479. The minimum atomic E-state index is -4.52. The van der Waals surface area contributed by atoms with Crippen LogP contribution in [0, 0.1) is 0 Å². The molecule has 5 N–H and O–H groups in total. The highest BCUT2D eigenvalue weighted by molar-refractivity contribution is 5.90. The molecule has 3 atom stereocenters. The number of esters is 1. The summed E-state index contributed by atoms with van der Waals surface area (Å²) in [5, 5.41) is 14.4. The third-order valence-corrected chi connectivity index (χ3v) is 3.62. The van der Waals surface area contributed by atoms with Crippen molar-refractivity contribution in [2.24, 2.45) is 5.73 Å². The van der Waals surface area contributed by atoms with Crippen LogP contribution in [0.4, 0.5) is 13.2 Å². The Kier molecular flexibility index (Phi) is 7.73. The molecule has 0 aromatic heterocycles. The van der Waals surface area contributed by atoms with Gasteiger partial charge in [-0.25, -0.2) is 0 Å². The molecule has 0 fully saturated rings. The Morgan fingerprint density at radius 2 is 1.74 bits per heavy atom. The number of carbonyl (C=O) groups is 3. The van der Waals surface area contributed by atoms with Gasteiger partial charge in [0.25, 0.3) is 5.91 Å². The summed E-state index contributed by atoms with van der Waals surface area (Å²) in [7, 11) is 1.14. The van der Waals surface area contributed by atoms with Crippen molar-refractivity contribution in [1.82, 2.24) is 10.6 Å². The summed E-state index contributed by atoms with van der Waals surface area (Å²) < 4.78 is 42.0. The molecule has 2 amide bonds. The maximum atomic E-state index is 12.6. The number of nitrogens with one attached hydrogen (secondary N) is 2. The summed E-state index contributed by atoms with van der Waals surface area (Å²) in [5.74, 6) is -2.39. The van der Waals surface area contributed by atoms with Crippen molar-refractivity contribution in [2.75, 3.05) is 13.7 Å². The van der Waals surface area contributed by atoms with Gasteiger partial charge in [-0.15, -0.1) is 0 Å². The molecule has 11 heteroatoms. The van der Waals surface area contributed by atoms with Gasteiger partial charge in [-0.05, 0) is 24.6 Å². The minimum absolute atomic E-state index is 0.105. The number of ether oxygens (including phenoxy) is 1. The first-order chi connectivity index (χ1) is 12.5. The van der Waals surface area contributed by atoms with E-state index < -0.39 is 54.3 Å². The molecule has 150 valence electrons. The number of methoxy groups -OCH3 is 1. The molecular weight excluding hydrogens is 371 g/mol. The second-order valence-electron chi connectivity index (χ2n) is 5.61. The summed E-state index contributed by atoms with van der Waals surface area (Å²) in [5.41, 5.74) is 4.92. The number of aliphatic hydroxyl groups is 1. The van der Waals surface area contributed by atoms with Crippen LogP contribution in [0.15, 0.2) is 24.3 Å². The van der Waals surface area contributed by atoms with Crippen LogP contribution in [-0.4, -0.2) is 48.7 Å². The van der Waals surface area contributed by atoms with E-state index in [0.717, 1.165) is 31.4 Å². The minimum Gasteiger partial charge on any atom is -0.468 e. The van der Waals surface area contributed by atoms with E-state index in [1.54, 1.807) is 0 Å². The van der Waals surface area contributed by atoms with Crippen LogP contribution < -0.4 is 16.4 Å². The Morgan fingerprint density at radius 1 is 1.19 bits per heavy atom. The van der Waals surface area contributed by atoms with Crippen molar-refractivity contribution in [3.05, 3.63) is 35.4 Å². The van der Waals surface area contributed by atoms with E-state index in [1.807, 2.05) is 0 Å². The smallest absolute Gasteiger partial charge is 0.416 e. The molecule has 1 aromatic carbocycles. The molecule has 0 saturated carbocycles. The second-order valence-corrected chi connectivity index (χ2v) is 5.61. The lowest BCUT2D eigenvalue weighted by Crippen LogP contribution is -2.50. The molecule has 0 radical (unpaired) electrons. The number of amides is 2. The van der Waals surface area contributed by atoms with Crippen LogP contribution in [0.2, 0.25) is 0 Å². The van der Waals surface area contributed by atoms with Crippen LogP contribution in [0.5, 0.6) is 0 Å². The summed E-state index contributed by atoms with van der Waals surface area (Å²) in [4.78, 5) is 34.7. The molecule has 0 aliphatic heterocycles. The first-order valence-electron chi connectivity index (χ1n) is 7.73. The molecule has 1 rings (SSSR count). The fourth-order valence-corrected chi connectivity index (χ4v) is 1.99. The number of hydrogen-bond donors (Lipinski definition) is 4. The maximum Gasteiger partial charge on any atom is 0.416 e. The summed E-state index contributed by atoms with van der Waals surface area (Å²) in [6.07, 6.45) is -6.33. The average molecular weight is 391 g/mol. The number of halogens is 3. The van der Waals surface area contributed by atoms with E-state index in [9.17, 15) is 32.7 Å². The van der Waals surface area contributed by atoms with Gasteiger partial charge < -0.3 is 26.2 Å². The molecule has 0 aliphatic carbocycles. The molecule has 1 aromatic rings. The van der Waals surface area contributed by atoms with Crippen LogP contribution >= 0.6 is 0 Å². The van der Waals surface area contributed by atoms with Gasteiger partial charge in [0.15, 0.2) is 6.10 Å². The maximum absolute atomic E-state index is 12.6. The van der Waals surface area contributed by atoms with Gasteiger partial charge in [-0.3, -0.25) is 14.4 Å². The number of aliphatic hydroxyl groups excluding tert-OH is 1. The normalized spacial score (nSPS) is 14.6. The number of hydrogen-bond acceptors (Lipinski definition) is 6. The van der Waals surface area contributed by atoms with E-state index in [0.29, 0.717) is 0 Å². The van der Waals surface area contributed by atoms with E-state index in [1.165, 1.54) is 6.92 Å². The summed E-state index contributed by atoms with van der Waals surface area (Å²) in [6, 6.07) is 1.26. The predicted molar refractivity (Wildman–Crippen MR) is 87.0 cm³/mol. The fraction of sp³-hybridized carbons (Fsp3) is 0.438. The Labute approximate surface area is 152 Å². The SMILES string of the molecule is COC(=O)CNC(=O)C(C)NC(=O)[C@@H](O)[C@H](N)c1ccc(C(F)(F)F)cc1. The van der Waals surface area contributed by atoms with Crippen molar-refractivity contribution in [1.29, 1.82) is 0 Å². The number of alkyl halides is 3. The monoisotopic (exact) mass is 391 g/mol. The highest BCUT2D eigenvalue weighted by Gasteiger charge is 2.31. The van der Waals surface area contributed by atoms with Crippen LogP contribution in [0.3, 0.4) is 0 Å². The lowest BCUT2D eigenvalue weighted by Gasteiger charge is -2.21. The Morgan fingerprint density at radius 3 is 2.22 bits per heavy atom. The highest BCUT2D eigenvalue weighted by atomic mass is 19.4. The first kappa shape index (κ1) is 22.4. The van der Waals surface area contributed by atoms with Crippen molar-refractivity contribution >= 4 is 17.8 Å². The van der Waals surface area contributed by atoms with Gasteiger partial charge in [0.2, 0.25) is 5.91 Å². The van der Waals surface area contributed by atoms with Gasteiger partial charge in [-0.2, -0.15) is 13.2 Å². The van der Waals surface area contributed by atoms with Gasteiger partial charge >= 0.3 is 12.1 Å².